The van der Waals surface area contributed by atoms with Gasteiger partial charge in [-0.15, -0.1) is 0 Å². The molecule has 0 heterocycles. The van der Waals surface area contributed by atoms with Gasteiger partial charge >= 0.3 is 0 Å². The van der Waals surface area contributed by atoms with Crippen LogP contribution < -0.4 is 0 Å². The fourth-order valence-electron chi connectivity index (χ4n) is 1.11. The van der Waals surface area contributed by atoms with Gasteiger partial charge in [0.1, 0.15) is 8.24 Å². The Morgan fingerprint density at radius 2 is 1.53 bits per heavy atom. The lowest BCUT2D eigenvalue weighted by atomic mass is 10.4. The fourth-order valence-corrected chi connectivity index (χ4v) is 5.13. The van der Waals surface area contributed by atoms with Crippen LogP contribution in [0.1, 0.15) is 0 Å². The highest BCUT2D eigenvalue weighted by Crippen LogP contribution is 2.19. The van der Waals surface area contributed by atoms with Crippen molar-refractivity contribution in [2.24, 2.45) is 0 Å². The zero-order valence-electron chi connectivity index (χ0n) is 9.56. The maximum absolute atomic E-state index is 12.1. The smallest absolute Gasteiger partial charge is 0.223 e. The van der Waals surface area contributed by atoms with Crippen molar-refractivity contribution >= 4 is 18.3 Å². The summed E-state index contributed by atoms with van der Waals surface area (Å²) in [6, 6.07) is 8.56. The average Bonchev–Trinajstić information content (AvgIpc) is 2.16. The van der Waals surface area contributed by atoms with Crippen LogP contribution in [0.4, 0.5) is 0 Å². The standard InChI is InChI=1S/C10H17NO2SSi/c1-11(15(2,3)4)14(12,13)10-8-6-5-7-9-10/h5-9H,1-4H3. The Balaban J connectivity index is 3.16. The first-order chi connectivity index (χ1) is 6.76. The van der Waals surface area contributed by atoms with Crippen molar-refractivity contribution in [2.45, 2.75) is 24.5 Å². The highest BCUT2D eigenvalue weighted by Gasteiger charge is 2.31. The minimum atomic E-state index is -3.30. The molecule has 0 spiro atoms. The lowest BCUT2D eigenvalue weighted by molar-refractivity contribution is 0.553. The van der Waals surface area contributed by atoms with E-state index in [2.05, 4.69) is 0 Å². The summed E-state index contributed by atoms with van der Waals surface area (Å²) in [5.74, 6) is 0. The largest absolute Gasteiger partial charge is 0.236 e. The van der Waals surface area contributed by atoms with E-state index in [-0.39, 0.29) is 0 Å². The molecule has 0 amide bonds. The van der Waals surface area contributed by atoms with Gasteiger partial charge in [-0.2, -0.15) is 0 Å². The summed E-state index contributed by atoms with van der Waals surface area (Å²) in [5.41, 5.74) is 0. The van der Waals surface area contributed by atoms with E-state index in [0.29, 0.717) is 4.90 Å². The van der Waals surface area contributed by atoms with Crippen molar-refractivity contribution in [3.63, 3.8) is 0 Å². The van der Waals surface area contributed by atoms with Gasteiger partial charge in [0.15, 0.2) is 0 Å². The molecule has 0 bridgehead atoms. The molecule has 0 aliphatic carbocycles. The second kappa shape index (κ2) is 4.07. The van der Waals surface area contributed by atoms with Crippen molar-refractivity contribution in [3.8, 4) is 0 Å². The molecule has 1 aromatic rings. The Hall–Kier alpha value is -0.653. The van der Waals surface area contributed by atoms with Crippen molar-refractivity contribution in [2.75, 3.05) is 7.05 Å². The maximum atomic E-state index is 12.1. The minimum Gasteiger partial charge on any atom is -0.223 e. The van der Waals surface area contributed by atoms with E-state index in [0.717, 1.165) is 0 Å². The normalized spacial score (nSPS) is 13.1. The molecule has 0 saturated heterocycles. The Bertz CT molecular complexity index is 422. The Labute approximate surface area is 92.9 Å². The SMILES string of the molecule is CN([Si](C)(C)C)S(=O)(=O)c1ccccc1. The van der Waals surface area contributed by atoms with E-state index in [4.69, 9.17) is 0 Å². The van der Waals surface area contributed by atoms with E-state index in [1.165, 1.54) is 3.97 Å². The van der Waals surface area contributed by atoms with Crippen LogP contribution in [0.15, 0.2) is 35.2 Å². The molecule has 0 N–H and O–H groups in total. The van der Waals surface area contributed by atoms with Crippen LogP contribution in [-0.4, -0.2) is 27.7 Å². The predicted octanol–water partition coefficient (Wildman–Crippen LogP) is 2.14. The number of nitrogens with zero attached hydrogens (tertiary/aromatic N) is 1. The quantitative estimate of drug-likeness (QED) is 0.763. The van der Waals surface area contributed by atoms with Crippen LogP contribution >= 0.6 is 0 Å². The molecule has 0 aromatic heterocycles. The summed E-state index contributed by atoms with van der Waals surface area (Å²) < 4.78 is 25.8. The summed E-state index contributed by atoms with van der Waals surface area (Å²) in [6.07, 6.45) is 0. The van der Waals surface area contributed by atoms with E-state index >= 15 is 0 Å². The second-order valence-corrected chi connectivity index (χ2v) is 11.8. The van der Waals surface area contributed by atoms with Gasteiger partial charge in [-0.05, 0) is 19.2 Å². The summed E-state index contributed by atoms with van der Waals surface area (Å²) in [5, 5.41) is 0. The maximum Gasteiger partial charge on any atom is 0.236 e. The molecule has 84 valence electrons. The third-order valence-corrected chi connectivity index (χ3v) is 8.19. The average molecular weight is 243 g/mol. The number of hydrogen-bond donors (Lipinski definition) is 0. The second-order valence-electron chi connectivity index (χ2n) is 4.46. The molecule has 3 nitrogen and oxygen atoms in total. The van der Waals surface area contributed by atoms with E-state index < -0.39 is 18.3 Å². The molecule has 0 atom stereocenters. The molecule has 15 heavy (non-hydrogen) atoms. The monoisotopic (exact) mass is 243 g/mol. The summed E-state index contributed by atoms with van der Waals surface area (Å²) in [4.78, 5) is 0.370. The van der Waals surface area contributed by atoms with Gasteiger partial charge in [-0.3, -0.25) is 0 Å². The highest BCUT2D eigenvalue weighted by atomic mass is 32.2. The van der Waals surface area contributed by atoms with Crippen LogP contribution in [0.25, 0.3) is 0 Å². The minimum absolute atomic E-state index is 0.370. The molecule has 0 unspecified atom stereocenters. The van der Waals surface area contributed by atoms with Crippen LogP contribution in [0.3, 0.4) is 0 Å². The fraction of sp³-hybridized carbons (Fsp3) is 0.400. The van der Waals surface area contributed by atoms with Crippen molar-refractivity contribution in [1.29, 1.82) is 0 Å². The first-order valence-corrected chi connectivity index (χ1v) is 9.69. The van der Waals surface area contributed by atoms with Crippen LogP contribution in [0.2, 0.25) is 19.6 Å². The van der Waals surface area contributed by atoms with E-state index in [1.807, 2.05) is 25.7 Å². The Kier molecular flexibility index (Phi) is 3.37. The topological polar surface area (TPSA) is 37.4 Å². The molecule has 0 radical (unpaired) electrons. The zero-order chi connectivity index (χ0) is 11.7. The molecule has 0 saturated carbocycles. The molecule has 5 heteroatoms. The highest BCUT2D eigenvalue weighted by molar-refractivity contribution is 7.90. The molecule has 0 fully saturated rings. The third kappa shape index (κ3) is 2.67. The molecule has 0 aliphatic heterocycles. The molecule has 1 rings (SSSR count). The van der Waals surface area contributed by atoms with Gasteiger partial charge in [0.2, 0.25) is 10.0 Å². The van der Waals surface area contributed by atoms with Gasteiger partial charge < -0.3 is 0 Å². The van der Waals surface area contributed by atoms with Crippen LogP contribution in [-0.2, 0) is 10.0 Å². The summed E-state index contributed by atoms with van der Waals surface area (Å²) in [7, 11) is -3.47. The summed E-state index contributed by atoms with van der Waals surface area (Å²) >= 11 is 0. The van der Waals surface area contributed by atoms with Gasteiger partial charge in [0.25, 0.3) is 0 Å². The lowest BCUT2D eigenvalue weighted by Gasteiger charge is -2.29. The molecular formula is C10H17NO2SSi. The lowest BCUT2D eigenvalue weighted by Crippen LogP contribution is -2.46. The first-order valence-electron chi connectivity index (χ1n) is 4.80. The third-order valence-electron chi connectivity index (χ3n) is 2.35. The van der Waals surface area contributed by atoms with E-state index in [9.17, 15) is 8.42 Å². The van der Waals surface area contributed by atoms with Crippen LogP contribution in [0, 0.1) is 0 Å². The Morgan fingerprint density at radius 1 is 1.07 bits per heavy atom. The van der Waals surface area contributed by atoms with Gasteiger partial charge in [-0.1, -0.05) is 37.8 Å². The molecule has 0 aliphatic rings. The molecule has 1 aromatic carbocycles. The van der Waals surface area contributed by atoms with Crippen molar-refractivity contribution in [1.82, 2.24) is 3.97 Å². The first kappa shape index (κ1) is 12.4. The van der Waals surface area contributed by atoms with Crippen molar-refractivity contribution in [3.05, 3.63) is 30.3 Å². The number of benzene rings is 1. The predicted molar refractivity (Wildman–Crippen MR) is 64.7 cm³/mol. The summed E-state index contributed by atoms with van der Waals surface area (Å²) in [6.45, 7) is 6.02. The number of sulfonamides is 1. The van der Waals surface area contributed by atoms with Gasteiger partial charge in [0.05, 0.1) is 4.90 Å². The molecular weight excluding hydrogens is 226 g/mol. The van der Waals surface area contributed by atoms with Gasteiger partial charge in [0, 0.05) is 0 Å². The van der Waals surface area contributed by atoms with E-state index in [1.54, 1.807) is 31.3 Å². The van der Waals surface area contributed by atoms with Crippen LogP contribution in [0.5, 0.6) is 0 Å². The number of hydrogen-bond acceptors (Lipinski definition) is 2. The zero-order valence-corrected chi connectivity index (χ0v) is 11.4. The van der Waals surface area contributed by atoms with Gasteiger partial charge in [-0.25, -0.2) is 12.4 Å². The van der Waals surface area contributed by atoms with Crippen molar-refractivity contribution < 1.29 is 8.42 Å². The number of rotatable bonds is 3. The Morgan fingerprint density at radius 3 is 1.93 bits per heavy atom.